The summed E-state index contributed by atoms with van der Waals surface area (Å²) in [6, 6.07) is 3.74. The maximum absolute atomic E-state index is 12.3. The van der Waals surface area contributed by atoms with Crippen LogP contribution >= 0.6 is 34.4 Å². The van der Waals surface area contributed by atoms with Gasteiger partial charge in [-0.2, -0.15) is 0 Å². The highest BCUT2D eigenvalue weighted by atomic mass is 127. The number of ether oxygens (including phenoxy) is 2. The molecule has 2 amide bonds. The van der Waals surface area contributed by atoms with E-state index in [0.717, 1.165) is 33.7 Å². The number of nitrogens with zero attached hydrogens (tertiary/aromatic N) is 1. The first-order valence-electron chi connectivity index (χ1n) is 7.77. The van der Waals surface area contributed by atoms with Crippen LogP contribution in [0.5, 0.6) is 11.5 Å². The fraction of sp³-hybridized carbons (Fsp3) is 0.412. The SMILES string of the molecule is CCCOc1c(I)cc(/C=C2\SC(=O)N(CCC)C2=O)cc1OC. The summed E-state index contributed by atoms with van der Waals surface area (Å²) in [7, 11) is 1.59. The van der Waals surface area contributed by atoms with Gasteiger partial charge in [0.25, 0.3) is 11.1 Å². The van der Waals surface area contributed by atoms with E-state index in [4.69, 9.17) is 9.47 Å². The number of carbonyl (C=O) groups is 2. The van der Waals surface area contributed by atoms with Crippen LogP contribution in [0.2, 0.25) is 0 Å². The second-order valence-electron chi connectivity index (χ2n) is 5.22. The van der Waals surface area contributed by atoms with E-state index in [0.29, 0.717) is 29.6 Å². The fourth-order valence-corrected chi connectivity index (χ4v) is 3.88. The number of benzene rings is 1. The Kier molecular flexibility index (Phi) is 6.97. The molecule has 0 unspecified atom stereocenters. The summed E-state index contributed by atoms with van der Waals surface area (Å²) in [6.07, 6.45) is 3.39. The molecule has 1 aromatic rings. The topological polar surface area (TPSA) is 55.8 Å². The van der Waals surface area contributed by atoms with Crippen LogP contribution < -0.4 is 9.47 Å². The number of halogens is 1. The smallest absolute Gasteiger partial charge is 0.293 e. The molecule has 0 atom stereocenters. The van der Waals surface area contributed by atoms with Crippen molar-refractivity contribution in [1.29, 1.82) is 0 Å². The van der Waals surface area contributed by atoms with Crippen molar-refractivity contribution in [2.24, 2.45) is 0 Å². The highest BCUT2D eigenvalue weighted by molar-refractivity contribution is 14.1. The predicted octanol–water partition coefficient (Wildman–Crippen LogP) is 4.53. The van der Waals surface area contributed by atoms with Crippen molar-refractivity contribution in [3.05, 3.63) is 26.2 Å². The highest BCUT2D eigenvalue weighted by Crippen LogP contribution is 2.37. The van der Waals surface area contributed by atoms with E-state index >= 15 is 0 Å². The number of hydrogen-bond donors (Lipinski definition) is 0. The van der Waals surface area contributed by atoms with Crippen molar-refractivity contribution in [2.75, 3.05) is 20.3 Å². The van der Waals surface area contributed by atoms with E-state index in [1.54, 1.807) is 13.2 Å². The quantitative estimate of drug-likeness (QED) is 0.441. The maximum Gasteiger partial charge on any atom is 0.293 e. The molecule has 0 radical (unpaired) electrons. The zero-order valence-electron chi connectivity index (χ0n) is 13.9. The molecule has 1 heterocycles. The van der Waals surface area contributed by atoms with Gasteiger partial charge in [-0.1, -0.05) is 13.8 Å². The third-order valence-corrected chi connectivity index (χ3v) is 5.03. The van der Waals surface area contributed by atoms with Crippen LogP contribution in [0.1, 0.15) is 32.3 Å². The van der Waals surface area contributed by atoms with Gasteiger partial charge in [-0.15, -0.1) is 0 Å². The second-order valence-corrected chi connectivity index (χ2v) is 7.37. The van der Waals surface area contributed by atoms with E-state index in [2.05, 4.69) is 22.6 Å². The van der Waals surface area contributed by atoms with Crippen molar-refractivity contribution >= 4 is 51.6 Å². The fourth-order valence-electron chi connectivity index (χ4n) is 2.24. The zero-order valence-corrected chi connectivity index (χ0v) is 16.9. The first kappa shape index (κ1) is 19.1. The number of amides is 2. The molecule has 1 aliphatic rings. The first-order valence-corrected chi connectivity index (χ1v) is 9.67. The van der Waals surface area contributed by atoms with Crippen LogP contribution in [-0.2, 0) is 4.79 Å². The van der Waals surface area contributed by atoms with Gasteiger partial charge in [0.05, 0.1) is 22.2 Å². The van der Waals surface area contributed by atoms with E-state index in [1.165, 1.54) is 4.90 Å². The van der Waals surface area contributed by atoms with Crippen LogP contribution in [0, 0.1) is 3.57 Å². The number of carbonyl (C=O) groups excluding carboxylic acids is 2. The monoisotopic (exact) mass is 461 g/mol. The van der Waals surface area contributed by atoms with Crippen LogP contribution in [-0.4, -0.2) is 36.3 Å². The van der Waals surface area contributed by atoms with Crippen LogP contribution in [0.15, 0.2) is 17.0 Å². The molecule has 1 aromatic carbocycles. The van der Waals surface area contributed by atoms with E-state index < -0.39 is 0 Å². The Morgan fingerprint density at radius 2 is 2.00 bits per heavy atom. The Morgan fingerprint density at radius 1 is 1.25 bits per heavy atom. The zero-order chi connectivity index (χ0) is 17.7. The molecule has 1 aliphatic heterocycles. The highest BCUT2D eigenvalue weighted by Gasteiger charge is 2.34. The van der Waals surface area contributed by atoms with Gasteiger partial charge in [-0.25, -0.2) is 0 Å². The van der Waals surface area contributed by atoms with Gasteiger partial charge >= 0.3 is 0 Å². The molecule has 24 heavy (non-hydrogen) atoms. The number of thioether (sulfide) groups is 1. The molecule has 0 spiro atoms. The molecule has 1 fully saturated rings. The molecule has 0 N–H and O–H groups in total. The number of hydrogen-bond acceptors (Lipinski definition) is 5. The normalized spacial score (nSPS) is 16.2. The molecule has 1 saturated heterocycles. The Labute approximate surface area is 159 Å². The van der Waals surface area contributed by atoms with Crippen LogP contribution in [0.25, 0.3) is 6.08 Å². The van der Waals surface area contributed by atoms with E-state index in [1.807, 2.05) is 26.0 Å². The lowest BCUT2D eigenvalue weighted by atomic mass is 10.2. The molecule has 0 aliphatic carbocycles. The summed E-state index contributed by atoms with van der Waals surface area (Å²) >= 11 is 3.16. The Hall–Kier alpha value is -1.22. The van der Waals surface area contributed by atoms with Crippen LogP contribution in [0.4, 0.5) is 4.79 Å². The van der Waals surface area contributed by atoms with Gasteiger partial charge in [0.2, 0.25) is 0 Å². The van der Waals surface area contributed by atoms with Crippen molar-refractivity contribution in [1.82, 2.24) is 4.90 Å². The second kappa shape index (κ2) is 8.75. The Morgan fingerprint density at radius 3 is 2.62 bits per heavy atom. The van der Waals surface area contributed by atoms with Crippen molar-refractivity contribution in [3.8, 4) is 11.5 Å². The average Bonchev–Trinajstić information content (AvgIpc) is 2.81. The molecule has 7 heteroatoms. The molecular weight excluding hydrogens is 441 g/mol. The minimum absolute atomic E-state index is 0.210. The molecular formula is C17H20INO4S. The Balaban J connectivity index is 2.31. The van der Waals surface area contributed by atoms with Crippen molar-refractivity contribution in [2.45, 2.75) is 26.7 Å². The van der Waals surface area contributed by atoms with Crippen LogP contribution in [0.3, 0.4) is 0 Å². The van der Waals surface area contributed by atoms with Gasteiger partial charge in [-0.3, -0.25) is 14.5 Å². The largest absolute Gasteiger partial charge is 0.493 e. The Bertz CT molecular complexity index is 675. The summed E-state index contributed by atoms with van der Waals surface area (Å²) in [4.78, 5) is 26.0. The summed E-state index contributed by atoms with van der Waals surface area (Å²) < 4.78 is 12.0. The molecule has 0 aromatic heterocycles. The van der Waals surface area contributed by atoms with Gasteiger partial charge in [0.1, 0.15) is 0 Å². The van der Waals surface area contributed by atoms with E-state index in [9.17, 15) is 9.59 Å². The number of rotatable bonds is 7. The summed E-state index contributed by atoms with van der Waals surface area (Å²) in [5.74, 6) is 1.10. The molecule has 0 saturated carbocycles. The molecule has 0 bridgehead atoms. The first-order chi connectivity index (χ1) is 11.5. The predicted molar refractivity (Wildman–Crippen MR) is 104 cm³/mol. The lowest BCUT2D eigenvalue weighted by Crippen LogP contribution is -2.28. The summed E-state index contributed by atoms with van der Waals surface area (Å²) in [5.41, 5.74) is 0.807. The minimum atomic E-state index is -0.230. The molecule has 130 valence electrons. The van der Waals surface area contributed by atoms with Gasteiger partial charge < -0.3 is 9.47 Å². The van der Waals surface area contributed by atoms with E-state index in [-0.39, 0.29) is 11.1 Å². The molecule has 2 rings (SSSR count). The standard InChI is InChI=1S/C17H20INO4S/c1-4-6-19-16(20)14(24-17(19)21)10-11-8-12(18)15(23-7-5-2)13(9-11)22-3/h8-10H,4-7H2,1-3H3/b14-10-. The van der Waals surface area contributed by atoms with Gasteiger partial charge in [0.15, 0.2) is 11.5 Å². The summed E-state index contributed by atoms with van der Waals surface area (Å²) in [5, 5.41) is -0.210. The third kappa shape index (κ3) is 4.24. The average molecular weight is 461 g/mol. The van der Waals surface area contributed by atoms with Gasteiger partial charge in [0, 0.05) is 6.54 Å². The summed E-state index contributed by atoms with van der Waals surface area (Å²) in [6.45, 7) is 5.05. The number of imide groups is 1. The van der Waals surface area contributed by atoms with Crippen molar-refractivity contribution in [3.63, 3.8) is 0 Å². The number of methoxy groups -OCH3 is 1. The van der Waals surface area contributed by atoms with Crippen molar-refractivity contribution < 1.29 is 19.1 Å². The molecule has 5 nitrogen and oxygen atoms in total. The third-order valence-electron chi connectivity index (χ3n) is 3.32. The maximum atomic E-state index is 12.3. The lowest BCUT2D eigenvalue weighted by Gasteiger charge is -2.13. The minimum Gasteiger partial charge on any atom is -0.493 e. The lowest BCUT2D eigenvalue weighted by molar-refractivity contribution is -0.122. The van der Waals surface area contributed by atoms with Gasteiger partial charge in [-0.05, 0) is 71.0 Å².